The molecule has 1 atom stereocenters. The van der Waals surface area contributed by atoms with Crippen LogP contribution >= 0.6 is 0 Å². The van der Waals surface area contributed by atoms with Gasteiger partial charge in [-0.2, -0.15) is 13.2 Å². The SMILES string of the molecule is CC(C(=O)NN)N(CCO)CC(F)(F)F. The summed E-state index contributed by atoms with van der Waals surface area (Å²) in [5, 5.41) is 8.56. The van der Waals surface area contributed by atoms with Crippen molar-refractivity contribution in [2.24, 2.45) is 5.84 Å². The van der Waals surface area contributed by atoms with Gasteiger partial charge in [0.2, 0.25) is 0 Å². The summed E-state index contributed by atoms with van der Waals surface area (Å²) >= 11 is 0. The second-order valence-corrected chi connectivity index (χ2v) is 2.99. The maximum absolute atomic E-state index is 12.1. The van der Waals surface area contributed by atoms with Gasteiger partial charge in [-0.25, -0.2) is 5.84 Å². The van der Waals surface area contributed by atoms with Crippen LogP contribution in [0.4, 0.5) is 13.2 Å². The zero-order chi connectivity index (χ0) is 12.1. The third-order valence-corrected chi connectivity index (χ3v) is 1.84. The largest absolute Gasteiger partial charge is 0.401 e. The second-order valence-electron chi connectivity index (χ2n) is 2.99. The molecule has 0 spiro atoms. The number of amides is 1. The van der Waals surface area contributed by atoms with Gasteiger partial charge in [-0.1, -0.05) is 0 Å². The van der Waals surface area contributed by atoms with Crippen LogP contribution in [0.2, 0.25) is 0 Å². The number of hydrogen-bond donors (Lipinski definition) is 3. The fraction of sp³-hybridized carbons (Fsp3) is 0.857. The number of hydrazine groups is 1. The lowest BCUT2D eigenvalue weighted by Gasteiger charge is -2.27. The molecule has 0 saturated heterocycles. The Labute approximate surface area is 85.0 Å². The van der Waals surface area contributed by atoms with E-state index in [0.29, 0.717) is 0 Å². The van der Waals surface area contributed by atoms with Crippen LogP contribution in [-0.2, 0) is 4.79 Å². The van der Waals surface area contributed by atoms with Crippen LogP contribution in [0.3, 0.4) is 0 Å². The summed E-state index contributed by atoms with van der Waals surface area (Å²) < 4.78 is 36.2. The third-order valence-electron chi connectivity index (χ3n) is 1.84. The van der Waals surface area contributed by atoms with E-state index in [1.165, 1.54) is 6.92 Å². The van der Waals surface area contributed by atoms with Gasteiger partial charge in [0.15, 0.2) is 0 Å². The van der Waals surface area contributed by atoms with Crippen molar-refractivity contribution in [2.45, 2.75) is 19.1 Å². The Bertz CT molecular complexity index is 210. The molecule has 1 unspecified atom stereocenters. The minimum Gasteiger partial charge on any atom is -0.395 e. The van der Waals surface area contributed by atoms with Crippen molar-refractivity contribution < 1.29 is 23.1 Å². The molecule has 0 fully saturated rings. The Morgan fingerprint density at radius 2 is 2.13 bits per heavy atom. The number of halogens is 3. The van der Waals surface area contributed by atoms with Crippen LogP contribution < -0.4 is 11.3 Å². The summed E-state index contributed by atoms with van der Waals surface area (Å²) in [5.74, 6) is 4.07. The Kier molecular flexibility index (Phi) is 5.55. The molecule has 1 amide bonds. The van der Waals surface area contributed by atoms with Crippen molar-refractivity contribution >= 4 is 5.91 Å². The molecular weight excluding hydrogens is 215 g/mol. The first-order valence-corrected chi connectivity index (χ1v) is 4.24. The summed E-state index contributed by atoms with van der Waals surface area (Å²) in [6.45, 7) is -0.682. The maximum Gasteiger partial charge on any atom is 0.401 e. The summed E-state index contributed by atoms with van der Waals surface area (Å²) in [5.41, 5.74) is 1.76. The van der Waals surface area contributed by atoms with Gasteiger partial charge >= 0.3 is 6.18 Å². The molecule has 0 heterocycles. The summed E-state index contributed by atoms with van der Waals surface area (Å²) in [6.07, 6.45) is -4.42. The molecule has 0 aliphatic rings. The van der Waals surface area contributed by atoms with E-state index in [-0.39, 0.29) is 6.54 Å². The normalized spacial score (nSPS) is 14.1. The van der Waals surface area contributed by atoms with E-state index in [1.807, 2.05) is 0 Å². The molecular formula is C7H14F3N3O2. The second kappa shape index (κ2) is 5.89. The van der Waals surface area contributed by atoms with Crippen molar-refractivity contribution in [1.29, 1.82) is 0 Å². The number of alkyl halides is 3. The topological polar surface area (TPSA) is 78.6 Å². The van der Waals surface area contributed by atoms with Crippen molar-refractivity contribution in [1.82, 2.24) is 10.3 Å². The van der Waals surface area contributed by atoms with Crippen LogP contribution in [0.15, 0.2) is 0 Å². The number of nitrogens with one attached hydrogen (secondary N) is 1. The molecule has 8 heteroatoms. The van der Waals surface area contributed by atoms with E-state index in [2.05, 4.69) is 0 Å². The Morgan fingerprint density at radius 3 is 2.47 bits per heavy atom. The number of aliphatic hydroxyl groups excluding tert-OH is 1. The molecule has 90 valence electrons. The van der Waals surface area contributed by atoms with E-state index >= 15 is 0 Å². The van der Waals surface area contributed by atoms with Crippen LogP contribution in [0.1, 0.15) is 6.92 Å². The smallest absolute Gasteiger partial charge is 0.395 e. The fourth-order valence-corrected chi connectivity index (χ4v) is 1.05. The van der Waals surface area contributed by atoms with Crippen LogP contribution in [-0.4, -0.2) is 47.8 Å². The van der Waals surface area contributed by atoms with Gasteiger partial charge in [-0.3, -0.25) is 15.1 Å². The number of nitrogens with two attached hydrogens (primary N) is 1. The van der Waals surface area contributed by atoms with Gasteiger partial charge in [0.25, 0.3) is 5.91 Å². The van der Waals surface area contributed by atoms with Gasteiger partial charge < -0.3 is 5.11 Å². The highest BCUT2D eigenvalue weighted by Crippen LogP contribution is 2.17. The molecule has 0 aromatic heterocycles. The molecule has 0 rings (SSSR count). The monoisotopic (exact) mass is 229 g/mol. The number of nitrogens with zero attached hydrogens (tertiary/aromatic N) is 1. The van der Waals surface area contributed by atoms with Crippen molar-refractivity contribution in [3.63, 3.8) is 0 Å². The van der Waals surface area contributed by atoms with E-state index in [4.69, 9.17) is 10.9 Å². The minimum absolute atomic E-state index is 0.242. The highest BCUT2D eigenvalue weighted by molar-refractivity contribution is 5.80. The zero-order valence-corrected chi connectivity index (χ0v) is 8.21. The molecule has 4 N–H and O–H groups in total. The Hall–Kier alpha value is -0.860. The lowest BCUT2D eigenvalue weighted by atomic mass is 10.2. The molecule has 0 bridgehead atoms. The predicted octanol–water partition coefficient (Wildman–Crippen LogP) is -0.779. The van der Waals surface area contributed by atoms with Crippen LogP contribution in [0, 0.1) is 0 Å². The maximum atomic E-state index is 12.1. The van der Waals surface area contributed by atoms with Gasteiger partial charge in [-0.15, -0.1) is 0 Å². The molecule has 15 heavy (non-hydrogen) atoms. The van der Waals surface area contributed by atoms with Gasteiger partial charge in [-0.05, 0) is 6.92 Å². The number of carbonyl (C=O) groups is 1. The van der Waals surface area contributed by atoms with Crippen LogP contribution in [0.25, 0.3) is 0 Å². The van der Waals surface area contributed by atoms with Crippen molar-refractivity contribution in [3.05, 3.63) is 0 Å². The molecule has 0 aliphatic heterocycles. The number of aliphatic hydroxyl groups is 1. The Balaban J connectivity index is 4.44. The average molecular weight is 229 g/mol. The number of rotatable bonds is 5. The molecule has 5 nitrogen and oxygen atoms in total. The van der Waals surface area contributed by atoms with E-state index in [0.717, 1.165) is 4.90 Å². The van der Waals surface area contributed by atoms with E-state index in [9.17, 15) is 18.0 Å². The molecule has 0 saturated carbocycles. The summed E-state index contributed by atoms with van der Waals surface area (Å²) in [6, 6.07) is -1.04. The Morgan fingerprint density at radius 1 is 1.60 bits per heavy atom. The average Bonchev–Trinajstić information content (AvgIpc) is 2.13. The number of hydrogen-bond acceptors (Lipinski definition) is 4. The standard InChI is InChI=1S/C7H14F3N3O2/c1-5(6(15)12-11)13(2-3-14)4-7(8,9)10/h5,14H,2-4,11H2,1H3,(H,12,15). The lowest BCUT2D eigenvalue weighted by molar-refractivity contribution is -0.155. The molecule has 0 aromatic carbocycles. The highest BCUT2D eigenvalue weighted by atomic mass is 19.4. The molecule has 0 aromatic rings. The minimum atomic E-state index is -4.42. The van der Waals surface area contributed by atoms with Gasteiger partial charge in [0.05, 0.1) is 19.2 Å². The zero-order valence-electron chi connectivity index (χ0n) is 8.21. The molecule has 0 radical (unpaired) electrons. The number of carbonyl (C=O) groups excluding carboxylic acids is 1. The van der Waals surface area contributed by atoms with Crippen molar-refractivity contribution in [3.8, 4) is 0 Å². The first-order chi connectivity index (χ1) is 6.81. The van der Waals surface area contributed by atoms with Gasteiger partial charge in [0, 0.05) is 6.54 Å². The van der Waals surface area contributed by atoms with E-state index < -0.39 is 31.3 Å². The first kappa shape index (κ1) is 14.1. The quantitative estimate of drug-likeness (QED) is 0.328. The summed E-state index contributed by atoms with van der Waals surface area (Å²) in [4.78, 5) is 11.8. The fourth-order valence-electron chi connectivity index (χ4n) is 1.05. The lowest BCUT2D eigenvalue weighted by Crippen LogP contribution is -2.51. The first-order valence-electron chi connectivity index (χ1n) is 4.24. The highest BCUT2D eigenvalue weighted by Gasteiger charge is 2.34. The molecule has 0 aliphatic carbocycles. The van der Waals surface area contributed by atoms with Gasteiger partial charge in [0.1, 0.15) is 0 Å². The van der Waals surface area contributed by atoms with Crippen molar-refractivity contribution in [2.75, 3.05) is 19.7 Å². The van der Waals surface area contributed by atoms with E-state index in [1.54, 1.807) is 5.43 Å². The predicted molar refractivity (Wildman–Crippen MR) is 46.5 cm³/mol. The third kappa shape index (κ3) is 5.55. The van der Waals surface area contributed by atoms with Crippen LogP contribution in [0.5, 0.6) is 0 Å². The summed E-state index contributed by atoms with van der Waals surface area (Å²) in [7, 11) is 0.